The second-order valence-electron chi connectivity index (χ2n) is 6.70. The summed E-state index contributed by atoms with van der Waals surface area (Å²) >= 11 is 1.65. The number of fused-ring (bicyclic) bond motifs is 1. The van der Waals surface area contributed by atoms with Gasteiger partial charge in [-0.05, 0) is 43.0 Å². The molecule has 0 atom stereocenters. The number of hydrogen-bond donors (Lipinski definition) is 3. The number of thiazole rings is 1. The lowest BCUT2D eigenvalue weighted by molar-refractivity contribution is 0.629. The van der Waals surface area contributed by atoms with Gasteiger partial charge in [-0.15, -0.1) is 11.3 Å². The zero-order valence-electron chi connectivity index (χ0n) is 16.0. The third-order valence-electron chi connectivity index (χ3n) is 4.29. The number of nitrogens with zero attached hydrogens (tertiary/aromatic N) is 2. The second kappa shape index (κ2) is 8.99. The molecule has 3 N–H and O–H groups in total. The fourth-order valence-corrected chi connectivity index (χ4v) is 3.71. The van der Waals surface area contributed by atoms with E-state index >= 15 is 0 Å². The Labute approximate surface area is 163 Å². The number of benzene rings is 1. The van der Waals surface area contributed by atoms with E-state index in [1.165, 1.54) is 12.1 Å². The topological polar surface area (TPSA) is 65.1 Å². The number of rotatable bonds is 7. The maximum atomic E-state index is 13.3. The second-order valence-corrected chi connectivity index (χ2v) is 7.64. The van der Waals surface area contributed by atoms with Gasteiger partial charge in [-0.3, -0.25) is 0 Å². The number of halogens is 1. The molecule has 7 heteroatoms. The van der Waals surface area contributed by atoms with Crippen LogP contribution in [0.4, 0.5) is 4.39 Å². The van der Waals surface area contributed by atoms with E-state index in [9.17, 15) is 4.39 Å². The van der Waals surface area contributed by atoms with Crippen LogP contribution in [0.1, 0.15) is 43.0 Å². The number of aromatic amines is 1. The quantitative estimate of drug-likeness (QED) is 0.421. The summed E-state index contributed by atoms with van der Waals surface area (Å²) in [5, 5.41) is 10.8. The highest BCUT2D eigenvalue weighted by molar-refractivity contribution is 7.09. The van der Waals surface area contributed by atoms with Gasteiger partial charge in [0.25, 0.3) is 0 Å². The van der Waals surface area contributed by atoms with E-state index in [0.29, 0.717) is 12.5 Å². The fourth-order valence-electron chi connectivity index (χ4n) is 2.83. The van der Waals surface area contributed by atoms with E-state index in [0.717, 1.165) is 52.6 Å². The average Bonchev–Trinajstić information content (AvgIpc) is 3.26. The smallest absolute Gasteiger partial charge is 0.191 e. The zero-order valence-corrected chi connectivity index (χ0v) is 16.8. The molecule has 0 aliphatic rings. The lowest BCUT2D eigenvalue weighted by atomic mass is 10.1. The lowest BCUT2D eigenvalue weighted by Gasteiger charge is -2.10. The number of aliphatic imine (C=N–C) groups is 1. The highest BCUT2D eigenvalue weighted by Gasteiger charge is 2.07. The molecule has 0 saturated carbocycles. The van der Waals surface area contributed by atoms with Crippen molar-refractivity contribution in [2.24, 2.45) is 4.99 Å². The van der Waals surface area contributed by atoms with Gasteiger partial charge in [0.05, 0.1) is 12.2 Å². The van der Waals surface area contributed by atoms with Crippen LogP contribution in [-0.4, -0.2) is 29.0 Å². The largest absolute Gasteiger partial charge is 0.361 e. The molecule has 144 valence electrons. The van der Waals surface area contributed by atoms with Crippen LogP contribution in [-0.2, 0) is 13.0 Å². The van der Waals surface area contributed by atoms with Gasteiger partial charge in [-0.1, -0.05) is 13.8 Å². The van der Waals surface area contributed by atoms with Crippen molar-refractivity contribution in [3.8, 4) is 0 Å². The van der Waals surface area contributed by atoms with Gasteiger partial charge in [0.15, 0.2) is 5.96 Å². The molecule has 0 radical (unpaired) electrons. The van der Waals surface area contributed by atoms with Crippen molar-refractivity contribution in [2.75, 3.05) is 13.1 Å². The molecule has 0 unspecified atom stereocenters. The van der Waals surface area contributed by atoms with Crippen LogP contribution in [0.15, 0.2) is 34.8 Å². The van der Waals surface area contributed by atoms with Gasteiger partial charge in [-0.25, -0.2) is 14.4 Å². The Morgan fingerprint density at radius 3 is 2.93 bits per heavy atom. The first kappa shape index (κ1) is 19.4. The van der Waals surface area contributed by atoms with E-state index in [1.54, 1.807) is 11.3 Å². The molecule has 0 aliphatic carbocycles. The SMILES string of the molecule is CCNC(=NCc1nc(C(C)C)cs1)NCCc1c[nH]c2cc(F)ccc12. The van der Waals surface area contributed by atoms with Crippen LogP contribution in [0.2, 0.25) is 0 Å². The van der Waals surface area contributed by atoms with Crippen molar-refractivity contribution < 1.29 is 4.39 Å². The van der Waals surface area contributed by atoms with Crippen LogP contribution in [0.25, 0.3) is 10.9 Å². The van der Waals surface area contributed by atoms with E-state index in [2.05, 4.69) is 44.8 Å². The normalized spacial score (nSPS) is 12.1. The minimum atomic E-state index is -0.224. The molecule has 3 aromatic rings. The summed E-state index contributed by atoms with van der Waals surface area (Å²) in [6, 6.07) is 4.85. The van der Waals surface area contributed by atoms with Gasteiger partial charge >= 0.3 is 0 Å². The highest BCUT2D eigenvalue weighted by atomic mass is 32.1. The predicted octanol–water partition coefficient (Wildman–Crippen LogP) is 4.18. The molecule has 0 bridgehead atoms. The number of hydrogen-bond acceptors (Lipinski definition) is 3. The highest BCUT2D eigenvalue weighted by Crippen LogP contribution is 2.20. The van der Waals surface area contributed by atoms with Crippen LogP contribution >= 0.6 is 11.3 Å². The Kier molecular flexibility index (Phi) is 6.45. The molecule has 2 aromatic heterocycles. The number of guanidine groups is 1. The number of aromatic nitrogens is 2. The van der Waals surface area contributed by atoms with Crippen molar-refractivity contribution in [3.63, 3.8) is 0 Å². The maximum Gasteiger partial charge on any atom is 0.191 e. The van der Waals surface area contributed by atoms with Gasteiger partial charge in [-0.2, -0.15) is 0 Å². The Morgan fingerprint density at radius 1 is 1.33 bits per heavy atom. The van der Waals surface area contributed by atoms with Crippen LogP contribution in [0.3, 0.4) is 0 Å². The number of nitrogens with one attached hydrogen (secondary N) is 3. The van der Waals surface area contributed by atoms with Crippen LogP contribution in [0, 0.1) is 5.82 Å². The van der Waals surface area contributed by atoms with Crippen molar-refractivity contribution in [3.05, 3.63) is 51.9 Å². The van der Waals surface area contributed by atoms with E-state index in [1.807, 2.05) is 19.2 Å². The minimum Gasteiger partial charge on any atom is -0.361 e. The van der Waals surface area contributed by atoms with Crippen molar-refractivity contribution in [1.82, 2.24) is 20.6 Å². The molecular weight excluding hydrogens is 361 g/mol. The van der Waals surface area contributed by atoms with Gasteiger partial charge in [0.1, 0.15) is 10.8 Å². The van der Waals surface area contributed by atoms with Crippen LogP contribution in [0.5, 0.6) is 0 Å². The summed E-state index contributed by atoms with van der Waals surface area (Å²) in [6.07, 6.45) is 2.77. The molecule has 0 saturated heterocycles. The van der Waals surface area contributed by atoms with E-state index in [-0.39, 0.29) is 5.82 Å². The molecule has 0 aliphatic heterocycles. The maximum absolute atomic E-state index is 13.3. The first-order valence-electron chi connectivity index (χ1n) is 9.28. The molecule has 2 heterocycles. The summed E-state index contributed by atoms with van der Waals surface area (Å²) in [6.45, 7) is 8.45. The molecule has 1 aromatic carbocycles. The minimum absolute atomic E-state index is 0.224. The number of H-pyrrole nitrogens is 1. The van der Waals surface area contributed by atoms with Crippen molar-refractivity contribution >= 4 is 28.2 Å². The Hall–Kier alpha value is -2.41. The molecule has 3 rings (SSSR count). The third kappa shape index (κ3) is 5.07. The molecule has 0 spiro atoms. The van der Waals surface area contributed by atoms with Gasteiger partial charge in [0.2, 0.25) is 0 Å². The fraction of sp³-hybridized carbons (Fsp3) is 0.400. The van der Waals surface area contributed by atoms with Crippen molar-refractivity contribution in [2.45, 2.75) is 39.7 Å². The average molecular weight is 388 g/mol. The molecule has 0 amide bonds. The first-order valence-corrected chi connectivity index (χ1v) is 10.2. The lowest BCUT2D eigenvalue weighted by Crippen LogP contribution is -2.38. The van der Waals surface area contributed by atoms with E-state index < -0.39 is 0 Å². The van der Waals surface area contributed by atoms with Crippen LogP contribution < -0.4 is 10.6 Å². The van der Waals surface area contributed by atoms with Gasteiger partial charge < -0.3 is 15.6 Å². The predicted molar refractivity (Wildman–Crippen MR) is 111 cm³/mol. The first-order chi connectivity index (χ1) is 13.1. The molecule has 0 fully saturated rings. The van der Waals surface area contributed by atoms with Gasteiger partial charge in [0, 0.05) is 35.6 Å². The zero-order chi connectivity index (χ0) is 19.2. The summed E-state index contributed by atoms with van der Waals surface area (Å²) in [5.74, 6) is 0.998. The summed E-state index contributed by atoms with van der Waals surface area (Å²) in [5.41, 5.74) is 3.11. The summed E-state index contributed by atoms with van der Waals surface area (Å²) in [4.78, 5) is 12.4. The molecule has 27 heavy (non-hydrogen) atoms. The van der Waals surface area contributed by atoms with E-state index in [4.69, 9.17) is 0 Å². The Balaban J connectivity index is 1.58. The monoisotopic (exact) mass is 387 g/mol. The molecular formula is C20H26FN5S. The molecule has 5 nitrogen and oxygen atoms in total. The summed E-state index contributed by atoms with van der Waals surface area (Å²) < 4.78 is 13.3. The standard InChI is InChI=1S/C20H26FN5S/c1-4-22-20(25-11-19-26-18(12-27-19)13(2)3)23-8-7-14-10-24-17-9-15(21)5-6-16(14)17/h5-6,9-10,12-13,24H,4,7-8,11H2,1-3H3,(H2,22,23,25). The van der Waals surface area contributed by atoms with Crippen molar-refractivity contribution in [1.29, 1.82) is 0 Å². The Bertz CT molecular complexity index is 912. The summed E-state index contributed by atoms with van der Waals surface area (Å²) in [7, 11) is 0. The third-order valence-corrected chi connectivity index (χ3v) is 5.15. The Morgan fingerprint density at radius 2 is 2.19 bits per heavy atom.